The highest BCUT2D eigenvalue weighted by molar-refractivity contribution is 7.90. The van der Waals surface area contributed by atoms with Crippen molar-refractivity contribution in [3.63, 3.8) is 0 Å². The number of hydrogen-bond donors (Lipinski definition) is 1. The number of rotatable bonds is 9. The highest BCUT2D eigenvalue weighted by atomic mass is 32.2. The molecule has 0 bridgehead atoms. The number of sulfone groups is 1. The van der Waals surface area contributed by atoms with Crippen LogP contribution in [-0.4, -0.2) is 59.1 Å². The van der Waals surface area contributed by atoms with Gasteiger partial charge in [0.25, 0.3) is 0 Å². The average Bonchev–Trinajstić information content (AvgIpc) is 2.38. The first-order valence-corrected chi connectivity index (χ1v) is 8.66. The van der Waals surface area contributed by atoms with Crippen molar-refractivity contribution in [1.82, 2.24) is 10.2 Å². The van der Waals surface area contributed by atoms with Gasteiger partial charge in [-0.1, -0.05) is 12.1 Å². The SMILES string of the molecule is COc1ccc(CN(C)CCNCCS(C)(=O)=O)cc1. The van der Waals surface area contributed by atoms with Crippen LogP contribution < -0.4 is 10.1 Å². The zero-order valence-corrected chi connectivity index (χ0v) is 13.2. The maximum absolute atomic E-state index is 11.0. The fraction of sp³-hybridized carbons (Fsp3) is 0.571. The number of ether oxygens (including phenoxy) is 1. The van der Waals surface area contributed by atoms with Gasteiger partial charge in [-0.2, -0.15) is 0 Å². The second kappa shape index (κ2) is 8.24. The molecule has 0 amide bonds. The minimum atomic E-state index is -2.87. The molecule has 0 saturated heterocycles. The topological polar surface area (TPSA) is 58.6 Å². The van der Waals surface area contributed by atoms with Gasteiger partial charge in [0.1, 0.15) is 15.6 Å². The van der Waals surface area contributed by atoms with Crippen LogP contribution >= 0.6 is 0 Å². The van der Waals surface area contributed by atoms with Crippen molar-refractivity contribution in [2.75, 3.05) is 45.8 Å². The van der Waals surface area contributed by atoms with Crippen molar-refractivity contribution in [2.45, 2.75) is 6.54 Å². The summed E-state index contributed by atoms with van der Waals surface area (Å²) < 4.78 is 27.0. The Bertz CT molecular complexity index is 486. The van der Waals surface area contributed by atoms with E-state index in [1.165, 1.54) is 11.8 Å². The summed E-state index contributed by atoms with van der Waals surface area (Å²) in [5.74, 6) is 1.05. The first kappa shape index (κ1) is 16.9. The second-order valence-corrected chi connectivity index (χ2v) is 7.23. The summed E-state index contributed by atoms with van der Waals surface area (Å²) in [5.41, 5.74) is 1.23. The molecule has 0 aliphatic heterocycles. The standard InChI is InChI=1S/C14H24N2O3S/c1-16(10-8-15-9-11-20(3,17)18)12-13-4-6-14(19-2)7-5-13/h4-7,15H,8-12H2,1-3H3. The zero-order valence-electron chi connectivity index (χ0n) is 12.4. The Morgan fingerprint density at radius 1 is 1.20 bits per heavy atom. The van der Waals surface area contributed by atoms with Crippen LogP contribution in [0, 0.1) is 0 Å². The molecule has 5 nitrogen and oxygen atoms in total. The lowest BCUT2D eigenvalue weighted by molar-refractivity contribution is 0.325. The Kier molecular flexibility index (Phi) is 6.98. The van der Waals surface area contributed by atoms with E-state index in [0.29, 0.717) is 6.54 Å². The molecule has 6 heteroatoms. The van der Waals surface area contributed by atoms with Crippen LogP contribution in [-0.2, 0) is 16.4 Å². The molecule has 0 atom stereocenters. The molecule has 0 aliphatic carbocycles. The van der Waals surface area contributed by atoms with Crippen LogP contribution in [0.2, 0.25) is 0 Å². The van der Waals surface area contributed by atoms with Crippen molar-refractivity contribution >= 4 is 9.84 Å². The number of methoxy groups -OCH3 is 1. The lowest BCUT2D eigenvalue weighted by atomic mass is 10.2. The average molecular weight is 300 g/mol. The summed E-state index contributed by atoms with van der Waals surface area (Å²) in [6, 6.07) is 8.00. The van der Waals surface area contributed by atoms with Crippen molar-refractivity contribution in [1.29, 1.82) is 0 Å². The minimum absolute atomic E-state index is 0.190. The number of nitrogens with one attached hydrogen (secondary N) is 1. The quantitative estimate of drug-likeness (QED) is 0.682. The van der Waals surface area contributed by atoms with Crippen LogP contribution in [0.3, 0.4) is 0 Å². The molecule has 20 heavy (non-hydrogen) atoms. The summed E-state index contributed by atoms with van der Waals surface area (Å²) in [4.78, 5) is 2.19. The zero-order chi connectivity index (χ0) is 15.0. The Hall–Kier alpha value is -1.11. The number of benzene rings is 1. The Morgan fingerprint density at radius 2 is 1.85 bits per heavy atom. The third kappa shape index (κ3) is 7.47. The van der Waals surface area contributed by atoms with E-state index in [1.807, 2.05) is 31.3 Å². The van der Waals surface area contributed by atoms with Gasteiger partial charge in [0, 0.05) is 32.4 Å². The first-order valence-electron chi connectivity index (χ1n) is 6.60. The summed E-state index contributed by atoms with van der Waals surface area (Å²) in [5, 5.41) is 3.14. The monoisotopic (exact) mass is 300 g/mol. The van der Waals surface area contributed by atoms with E-state index in [1.54, 1.807) is 7.11 Å². The molecule has 1 aromatic carbocycles. The van der Waals surface area contributed by atoms with Crippen LogP contribution in [0.1, 0.15) is 5.56 Å². The van der Waals surface area contributed by atoms with E-state index in [4.69, 9.17) is 4.74 Å². The van der Waals surface area contributed by atoms with E-state index >= 15 is 0 Å². The van der Waals surface area contributed by atoms with E-state index in [9.17, 15) is 8.42 Å². The second-order valence-electron chi connectivity index (χ2n) is 4.97. The van der Waals surface area contributed by atoms with Gasteiger partial charge in [-0.3, -0.25) is 0 Å². The molecular formula is C14H24N2O3S. The maximum atomic E-state index is 11.0. The molecule has 114 valence electrons. The predicted octanol–water partition coefficient (Wildman–Crippen LogP) is 0.761. The van der Waals surface area contributed by atoms with Crippen LogP contribution in [0.4, 0.5) is 0 Å². The predicted molar refractivity (Wildman–Crippen MR) is 81.9 cm³/mol. The van der Waals surface area contributed by atoms with Crippen molar-refractivity contribution < 1.29 is 13.2 Å². The third-order valence-corrected chi connectivity index (χ3v) is 3.88. The summed E-state index contributed by atoms with van der Waals surface area (Å²) in [6.07, 6.45) is 1.25. The summed E-state index contributed by atoms with van der Waals surface area (Å²) >= 11 is 0. The van der Waals surface area contributed by atoms with Crippen LogP contribution in [0.25, 0.3) is 0 Å². The van der Waals surface area contributed by atoms with E-state index in [-0.39, 0.29) is 5.75 Å². The maximum Gasteiger partial charge on any atom is 0.148 e. The van der Waals surface area contributed by atoms with Gasteiger partial charge < -0.3 is 15.0 Å². The van der Waals surface area contributed by atoms with Crippen LogP contribution in [0.15, 0.2) is 24.3 Å². The molecule has 0 saturated carbocycles. The molecule has 1 rings (SSSR count). The molecule has 1 aromatic rings. The van der Waals surface area contributed by atoms with Gasteiger partial charge in [-0.15, -0.1) is 0 Å². The third-order valence-electron chi connectivity index (χ3n) is 2.93. The number of likely N-dealkylation sites (N-methyl/N-ethyl adjacent to an activating group) is 1. The molecule has 0 aliphatic rings. The fourth-order valence-corrected chi connectivity index (χ4v) is 2.29. The molecular weight excluding hydrogens is 276 g/mol. The van der Waals surface area contributed by atoms with Crippen molar-refractivity contribution in [3.8, 4) is 5.75 Å². The molecule has 0 fully saturated rings. The van der Waals surface area contributed by atoms with Gasteiger partial charge in [0.2, 0.25) is 0 Å². The highest BCUT2D eigenvalue weighted by Gasteiger charge is 2.03. The Balaban J connectivity index is 2.21. The lowest BCUT2D eigenvalue weighted by Gasteiger charge is -2.17. The van der Waals surface area contributed by atoms with Crippen molar-refractivity contribution in [3.05, 3.63) is 29.8 Å². The lowest BCUT2D eigenvalue weighted by Crippen LogP contribution is -2.31. The molecule has 0 radical (unpaired) electrons. The van der Waals surface area contributed by atoms with E-state index < -0.39 is 9.84 Å². The highest BCUT2D eigenvalue weighted by Crippen LogP contribution is 2.12. The number of hydrogen-bond acceptors (Lipinski definition) is 5. The summed E-state index contributed by atoms with van der Waals surface area (Å²) in [7, 11) is 0.832. The van der Waals surface area contributed by atoms with Gasteiger partial charge in [0.15, 0.2) is 0 Å². The Labute approximate surface area is 121 Å². The number of nitrogens with zero attached hydrogens (tertiary/aromatic N) is 1. The smallest absolute Gasteiger partial charge is 0.148 e. The summed E-state index contributed by atoms with van der Waals surface area (Å²) in [6.45, 7) is 3.02. The minimum Gasteiger partial charge on any atom is -0.497 e. The van der Waals surface area contributed by atoms with E-state index in [2.05, 4.69) is 10.2 Å². The molecule has 0 heterocycles. The van der Waals surface area contributed by atoms with Gasteiger partial charge in [0.05, 0.1) is 12.9 Å². The first-order chi connectivity index (χ1) is 9.40. The van der Waals surface area contributed by atoms with Gasteiger partial charge in [-0.25, -0.2) is 8.42 Å². The molecule has 0 unspecified atom stereocenters. The van der Waals surface area contributed by atoms with Crippen molar-refractivity contribution in [2.24, 2.45) is 0 Å². The molecule has 0 spiro atoms. The van der Waals surface area contributed by atoms with Gasteiger partial charge in [-0.05, 0) is 24.7 Å². The van der Waals surface area contributed by atoms with Gasteiger partial charge >= 0.3 is 0 Å². The van der Waals surface area contributed by atoms with E-state index in [0.717, 1.165) is 25.4 Å². The molecule has 0 aromatic heterocycles. The Morgan fingerprint density at radius 3 is 2.40 bits per heavy atom. The fourth-order valence-electron chi connectivity index (χ4n) is 1.77. The van der Waals surface area contributed by atoms with Crippen LogP contribution in [0.5, 0.6) is 5.75 Å². The normalized spacial score (nSPS) is 11.8. The largest absolute Gasteiger partial charge is 0.497 e. The molecule has 1 N–H and O–H groups in total.